The van der Waals surface area contributed by atoms with Gasteiger partial charge >= 0.3 is 0 Å². The van der Waals surface area contributed by atoms with E-state index < -0.39 is 16.1 Å². The molecule has 5 heteroatoms. The number of thiol groups is 1. The molecule has 54 valence electrons. The van der Waals surface area contributed by atoms with Crippen LogP contribution < -0.4 is 0 Å². The third kappa shape index (κ3) is 1.92. The number of hydrogen-bond acceptors (Lipinski definition) is 4. The van der Waals surface area contributed by atoms with E-state index in [4.69, 9.17) is 9.47 Å². The highest BCUT2D eigenvalue weighted by atomic mass is 32.2. The Labute approximate surface area is 54.7 Å². The third-order valence-corrected chi connectivity index (χ3v) is 1.80. The molecule has 1 rings (SSSR count). The monoisotopic (exact) mass is 152 g/mol. The number of hydrogen-bond donors (Lipinski definition) is 1. The summed E-state index contributed by atoms with van der Waals surface area (Å²) in [7, 11) is -2.47. The first-order valence-corrected chi connectivity index (χ1v) is 3.88. The van der Waals surface area contributed by atoms with Crippen LogP contribution in [0.15, 0.2) is 0 Å². The van der Waals surface area contributed by atoms with Crippen LogP contribution in [0.1, 0.15) is 0 Å². The van der Waals surface area contributed by atoms with Crippen LogP contribution in [0, 0.1) is 0 Å². The maximum Gasteiger partial charge on any atom is 0.179 e. The molecule has 0 aromatic carbocycles. The molecule has 0 aromatic rings. The van der Waals surface area contributed by atoms with Gasteiger partial charge in [0.05, 0.1) is 19.8 Å². The van der Waals surface area contributed by atoms with Gasteiger partial charge in [-0.2, -0.15) is 0 Å². The Kier molecular flexibility index (Phi) is 2.44. The molecule has 0 aliphatic carbocycles. The van der Waals surface area contributed by atoms with E-state index in [9.17, 15) is 8.42 Å². The molecular weight excluding hydrogens is 144 g/mol. The van der Waals surface area contributed by atoms with E-state index in [0.717, 1.165) is 0 Å². The van der Waals surface area contributed by atoms with Crippen molar-refractivity contribution in [2.75, 3.05) is 19.8 Å². The smallest absolute Gasteiger partial charge is 0.179 e. The van der Waals surface area contributed by atoms with Crippen LogP contribution in [-0.4, -0.2) is 33.7 Å². The van der Waals surface area contributed by atoms with Crippen LogP contribution in [-0.2, 0) is 20.2 Å². The van der Waals surface area contributed by atoms with Crippen molar-refractivity contribution in [2.45, 2.75) is 5.44 Å². The third-order valence-electron chi connectivity index (χ3n) is 1.03. The average molecular weight is 152 g/mol. The fourth-order valence-electron chi connectivity index (χ4n) is 0.597. The van der Waals surface area contributed by atoms with Crippen molar-refractivity contribution < 1.29 is 17.9 Å². The van der Waals surface area contributed by atoms with Gasteiger partial charge in [-0.1, -0.05) is 0 Å². The van der Waals surface area contributed by atoms with Gasteiger partial charge in [0, 0.05) is 0 Å². The molecule has 1 atom stereocenters. The predicted octanol–water partition coefficient (Wildman–Crippen LogP) is -1.03. The standard InChI is InChI=1S/C4H8O4S/c5-9(6)4-3-7-1-2-8-4/h4,9H,1-3H2. The largest absolute Gasteiger partial charge is 0.375 e. The molecule has 0 aromatic heterocycles. The zero-order valence-electron chi connectivity index (χ0n) is 4.78. The van der Waals surface area contributed by atoms with Crippen LogP contribution in [0.5, 0.6) is 0 Å². The van der Waals surface area contributed by atoms with E-state index in [1.54, 1.807) is 0 Å². The van der Waals surface area contributed by atoms with Crippen LogP contribution in [0.25, 0.3) is 0 Å². The van der Waals surface area contributed by atoms with Gasteiger partial charge in [-0.15, -0.1) is 0 Å². The SMILES string of the molecule is O=[SH](=O)C1COCCO1. The molecule has 4 nitrogen and oxygen atoms in total. The van der Waals surface area contributed by atoms with E-state index in [2.05, 4.69) is 0 Å². The molecule has 0 radical (unpaired) electrons. The summed E-state index contributed by atoms with van der Waals surface area (Å²) in [5, 5.41) is 0. The summed E-state index contributed by atoms with van der Waals surface area (Å²) in [6.07, 6.45) is 0. The molecule has 9 heavy (non-hydrogen) atoms. The average Bonchev–Trinajstić information content (AvgIpc) is 1.90. The van der Waals surface area contributed by atoms with Gasteiger partial charge in [0.25, 0.3) is 0 Å². The molecule has 0 N–H and O–H groups in total. The molecule has 1 saturated heterocycles. The Bertz CT molecular complexity index is 139. The highest BCUT2D eigenvalue weighted by molar-refractivity contribution is 7.73. The van der Waals surface area contributed by atoms with Crippen LogP contribution in [0.3, 0.4) is 0 Å². The second kappa shape index (κ2) is 3.14. The normalized spacial score (nSPS) is 28.8. The van der Waals surface area contributed by atoms with E-state index >= 15 is 0 Å². The van der Waals surface area contributed by atoms with Crippen molar-refractivity contribution in [2.24, 2.45) is 0 Å². The van der Waals surface area contributed by atoms with Crippen molar-refractivity contribution in [1.29, 1.82) is 0 Å². The Morgan fingerprint density at radius 1 is 1.33 bits per heavy atom. The van der Waals surface area contributed by atoms with Crippen LogP contribution in [0.4, 0.5) is 0 Å². The summed E-state index contributed by atoms with van der Waals surface area (Å²) in [4.78, 5) is 0. The molecule has 1 fully saturated rings. The first-order chi connectivity index (χ1) is 4.30. The van der Waals surface area contributed by atoms with Crippen LogP contribution >= 0.6 is 0 Å². The van der Waals surface area contributed by atoms with Gasteiger partial charge < -0.3 is 9.47 Å². The lowest BCUT2D eigenvalue weighted by atomic mass is 10.6. The van der Waals surface area contributed by atoms with E-state index in [-0.39, 0.29) is 6.61 Å². The van der Waals surface area contributed by atoms with Crippen molar-refractivity contribution in [3.05, 3.63) is 0 Å². The van der Waals surface area contributed by atoms with E-state index in [1.165, 1.54) is 0 Å². The molecule has 0 spiro atoms. The fourth-order valence-corrected chi connectivity index (χ4v) is 1.05. The van der Waals surface area contributed by atoms with Crippen molar-refractivity contribution in [1.82, 2.24) is 0 Å². The van der Waals surface area contributed by atoms with Gasteiger partial charge in [0.15, 0.2) is 16.1 Å². The second-order valence-corrected chi connectivity index (χ2v) is 2.83. The van der Waals surface area contributed by atoms with Gasteiger partial charge in [-0.25, -0.2) is 8.42 Å². The lowest BCUT2D eigenvalue weighted by Crippen LogP contribution is -2.29. The minimum Gasteiger partial charge on any atom is -0.375 e. The van der Waals surface area contributed by atoms with Crippen molar-refractivity contribution in [3.8, 4) is 0 Å². The predicted molar refractivity (Wildman–Crippen MR) is 30.9 cm³/mol. The summed E-state index contributed by atoms with van der Waals surface area (Å²) in [5.41, 5.74) is -0.714. The Morgan fingerprint density at radius 3 is 2.44 bits per heavy atom. The summed E-state index contributed by atoms with van der Waals surface area (Å²) < 4.78 is 30.0. The molecular formula is C4H8O4S. The zero-order chi connectivity index (χ0) is 6.69. The Morgan fingerprint density at radius 2 is 2.11 bits per heavy atom. The van der Waals surface area contributed by atoms with E-state index in [0.29, 0.717) is 13.2 Å². The van der Waals surface area contributed by atoms with Gasteiger partial charge in [-0.3, -0.25) is 0 Å². The fraction of sp³-hybridized carbons (Fsp3) is 1.00. The molecule has 1 aliphatic heterocycles. The van der Waals surface area contributed by atoms with Crippen molar-refractivity contribution in [3.63, 3.8) is 0 Å². The Hall–Kier alpha value is -0.130. The van der Waals surface area contributed by atoms with E-state index in [1.807, 2.05) is 0 Å². The quantitative estimate of drug-likeness (QED) is 0.488. The number of ether oxygens (including phenoxy) is 2. The van der Waals surface area contributed by atoms with Crippen LogP contribution in [0.2, 0.25) is 0 Å². The Balaban J connectivity index is 2.40. The highest BCUT2D eigenvalue weighted by Crippen LogP contribution is 1.99. The first kappa shape index (κ1) is 6.98. The van der Waals surface area contributed by atoms with Gasteiger partial charge in [0.2, 0.25) is 0 Å². The van der Waals surface area contributed by atoms with Gasteiger partial charge in [-0.05, 0) is 0 Å². The maximum atomic E-state index is 10.2. The highest BCUT2D eigenvalue weighted by Gasteiger charge is 2.15. The molecule has 0 saturated carbocycles. The molecule has 1 unspecified atom stereocenters. The molecule has 1 aliphatic rings. The summed E-state index contributed by atoms with van der Waals surface area (Å²) in [5.74, 6) is 0. The molecule has 0 amide bonds. The summed E-state index contributed by atoms with van der Waals surface area (Å²) in [6.45, 7) is 1.06. The summed E-state index contributed by atoms with van der Waals surface area (Å²) in [6, 6.07) is 0. The maximum absolute atomic E-state index is 10.2. The molecule has 0 bridgehead atoms. The minimum atomic E-state index is -2.47. The lowest BCUT2D eigenvalue weighted by molar-refractivity contribution is -0.0522. The van der Waals surface area contributed by atoms with Crippen molar-refractivity contribution >= 4 is 10.7 Å². The summed E-state index contributed by atoms with van der Waals surface area (Å²) >= 11 is 0. The topological polar surface area (TPSA) is 52.6 Å². The molecule has 1 heterocycles. The lowest BCUT2D eigenvalue weighted by Gasteiger charge is -2.17. The second-order valence-electron chi connectivity index (χ2n) is 1.69. The zero-order valence-corrected chi connectivity index (χ0v) is 5.67. The minimum absolute atomic E-state index is 0.179. The van der Waals surface area contributed by atoms with Gasteiger partial charge in [0.1, 0.15) is 0 Å². The first-order valence-electron chi connectivity index (χ1n) is 2.63. The number of rotatable bonds is 1.